The van der Waals surface area contributed by atoms with Gasteiger partial charge >= 0.3 is 6.09 Å². The molecule has 0 aliphatic carbocycles. The second-order valence-electron chi connectivity index (χ2n) is 14.8. The topological polar surface area (TPSA) is 79.0 Å². The van der Waals surface area contributed by atoms with Crippen molar-refractivity contribution >= 4 is 23.6 Å². The number of quaternary nitrogens is 1. The molecule has 270 valence electrons. The number of hydrogen-bond donors (Lipinski definition) is 1. The Morgan fingerprint density at radius 1 is 0.679 bits per heavy atom. The van der Waals surface area contributed by atoms with E-state index in [9.17, 15) is 14.4 Å². The van der Waals surface area contributed by atoms with Crippen LogP contribution in [-0.2, 0) is 17.8 Å². The number of likely N-dealkylation sites (tertiary alicyclic amines) is 1. The first-order valence-corrected chi connectivity index (χ1v) is 18.5. The number of fused-ring (bicyclic) bond motifs is 1. The van der Waals surface area contributed by atoms with Gasteiger partial charge in [0.2, 0.25) is 0 Å². The second-order valence-corrected chi connectivity index (χ2v) is 14.8. The third-order valence-electron chi connectivity index (χ3n) is 10.3. The zero-order valence-electron chi connectivity index (χ0n) is 30.5. The quantitative estimate of drug-likeness (QED) is 0.104. The van der Waals surface area contributed by atoms with Crippen LogP contribution in [-0.4, -0.2) is 78.6 Å². The number of nitrogens with one attached hydrogen (secondary N) is 1. The van der Waals surface area contributed by atoms with E-state index in [1.165, 1.54) is 27.2 Å². The molecule has 5 aromatic carbocycles. The third kappa shape index (κ3) is 8.74. The largest absolute Gasteiger partial charge is 0.446 e. The van der Waals surface area contributed by atoms with E-state index >= 15 is 0 Å². The van der Waals surface area contributed by atoms with Crippen molar-refractivity contribution in [2.45, 2.75) is 38.5 Å². The SMILES string of the molecule is C[N+](C)(CCCN1C(=O)c2ccccc2C1=O)Cc1ccc(-c2ccc(CN3CCC(OC(=O)Nc4ccccc4-c4ccccc4)CC3)cc2)cc1. The number of nitrogens with zero attached hydrogens (tertiary/aromatic N) is 3. The van der Waals surface area contributed by atoms with E-state index in [0.717, 1.165) is 73.3 Å². The molecular formula is C45H47N4O4+. The van der Waals surface area contributed by atoms with Crippen molar-refractivity contribution in [2.75, 3.05) is 45.6 Å². The lowest BCUT2D eigenvalue weighted by atomic mass is 10.0. The fourth-order valence-electron chi connectivity index (χ4n) is 7.47. The van der Waals surface area contributed by atoms with Gasteiger partial charge in [-0.25, -0.2) is 4.79 Å². The van der Waals surface area contributed by atoms with Crippen LogP contribution < -0.4 is 5.32 Å². The predicted molar refractivity (Wildman–Crippen MR) is 209 cm³/mol. The molecule has 0 aromatic heterocycles. The van der Waals surface area contributed by atoms with Crippen molar-refractivity contribution in [1.82, 2.24) is 9.80 Å². The first-order valence-electron chi connectivity index (χ1n) is 18.5. The Hall–Kier alpha value is -5.57. The molecule has 1 fully saturated rings. The number of carbonyl (C=O) groups is 3. The monoisotopic (exact) mass is 707 g/mol. The molecule has 0 spiro atoms. The summed E-state index contributed by atoms with van der Waals surface area (Å²) in [5.41, 5.74) is 8.65. The molecule has 1 saturated heterocycles. The molecule has 5 aromatic rings. The maximum absolute atomic E-state index is 12.8. The Kier molecular flexibility index (Phi) is 10.8. The maximum atomic E-state index is 12.8. The standard InChI is InChI=1S/C45H46N4O4/c1-49(2,30-10-27-48-43(50)40-14-6-7-15-41(40)44(48)51)32-34-19-23-36(24-20-34)35-21-17-33(18-22-35)31-47-28-25-38(26-29-47)53-45(52)46-42-16-9-8-13-39(42)37-11-4-3-5-12-37/h3-9,11-24,38H,10,25-32H2,1-2H3/p+1. The van der Waals surface area contributed by atoms with Gasteiger partial charge < -0.3 is 9.22 Å². The summed E-state index contributed by atoms with van der Waals surface area (Å²) in [5.74, 6) is -0.371. The van der Waals surface area contributed by atoms with Crippen molar-refractivity contribution in [3.63, 3.8) is 0 Å². The Morgan fingerprint density at radius 2 is 1.23 bits per heavy atom. The van der Waals surface area contributed by atoms with Crippen LogP contribution in [0.1, 0.15) is 51.1 Å². The van der Waals surface area contributed by atoms with E-state index in [4.69, 9.17) is 4.74 Å². The number of hydrogen-bond acceptors (Lipinski definition) is 5. The number of amides is 3. The van der Waals surface area contributed by atoms with E-state index in [2.05, 4.69) is 72.8 Å². The van der Waals surface area contributed by atoms with Crippen LogP contribution in [0, 0.1) is 0 Å². The van der Waals surface area contributed by atoms with E-state index in [-0.39, 0.29) is 17.9 Å². The molecule has 2 aliphatic heterocycles. The molecule has 0 bridgehead atoms. The zero-order chi connectivity index (χ0) is 36.8. The van der Waals surface area contributed by atoms with Gasteiger partial charge in [-0.05, 0) is 53.3 Å². The number of para-hydroxylation sites is 1. The second kappa shape index (κ2) is 16.0. The van der Waals surface area contributed by atoms with Gasteiger partial charge in [0.05, 0.1) is 37.5 Å². The van der Waals surface area contributed by atoms with Gasteiger partial charge in [-0.3, -0.25) is 24.7 Å². The highest BCUT2D eigenvalue weighted by Gasteiger charge is 2.35. The minimum absolute atomic E-state index is 0.102. The van der Waals surface area contributed by atoms with Crippen LogP contribution in [0.5, 0.6) is 0 Å². The van der Waals surface area contributed by atoms with E-state index in [0.29, 0.717) is 17.7 Å². The number of rotatable bonds is 12. The summed E-state index contributed by atoms with van der Waals surface area (Å²) in [6.45, 7) is 4.75. The minimum Gasteiger partial charge on any atom is -0.446 e. The van der Waals surface area contributed by atoms with Gasteiger partial charge in [0.25, 0.3) is 11.8 Å². The van der Waals surface area contributed by atoms with Crippen molar-refractivity contribution in [3.05, 3.63) is 150 Å². The molecule has 0 saturated carbocycles. The fourth-order valence-corrected chi connectivity index (χ4v) is 7.47. The van der Waals surface area contributed by atoms with Gasteiger partial charge in [0, 0.05) is 43.7 Å². The van der Waals surface area contributed by atoms with E-state index < -0.39 is 6.09 Å². The number of carbonyl (C=O) groups excluding carboxylic acids is 3. The number of ether oxygens (including phenoxy) is 1. The molecule has 0 radical (unpaired) electrons. The van der Waals surface area contributed by atoms with Crippen LogP contribution in [0.15, 0.2) is 127 Å². The summed E-state index contributed by atoms with van der Waals surface area (Å²) >= 11 is 0. The predicted octanol–water partition coefficient (Wildman–Crippen LogP) is 8.50. The summed E-state index contributed by atoms with van der Waals surface area (Å²) in [5, 5.41) is 2.96. The molecule has 8 nitrogen and oxygen atoms in total. The van der Waals surface area contributed by atoms with Gasteiger partial charge in [-0.2, -0.15) is 0 Å². The van der Waals surface area contributed by atoms with Crippen molar-refractivity contribution in [1.29, 1.82) is 0 Å². The molecular weight excluding hydrogens is 661 g/mol. The lowest BCUT2D eigenvalue weighted by Crippen LogP contribution is -2.41. The van der Waals surface area contributed by atoms with Gasteiger partial charge in [0.1, 0.15) is 12.6 Å². The van der Waals surface area contributed by atoms with Gasteiger partial charge in [-0.1, -0.05) is 109 Å². The number of anilines is 1. The third-order valence-corrected chi connectivity index (χ3v) is 10.3. The average molecular weight is 708 g/mol. The molecule has 2 heterocycles. The molecule has 53 heavy (non-hydrogen) atoms. The van der Waals surface area contributed by atoms with Crippen LogP contribution in [0.2, 0.25) is 0 Å². The summed E-state index contributed by atoms with van der Waals surface area (Å²) in [4.78, 5) is 42.1. The molecule has 1 N–H and O–H groups in total. The van der Waals surface area contributed by atoms with Gasteiger partial charge in [0.15, 0.2) is 0 Å². The summed E-state index contributed by atoms with van der Waals surface area (Å²) < 4.78 is 6.60. The Bertz CT molecular complexity index is 2020. The molecule has 0 unspecified atom stereocenters. The summed E-state index contributed by atoms with van der Waals surface area (Å²) in [7, 11) is 4.38. The van der Waals surface area contributed by atoms with Crippen LogP contribution in [0.4, 0.5) is 10.5 Å². The summed E-state index contributed by atoms with van der Waals surface area (Å²) in [6.07, 6.45) is 1.85. The van der Waals surface area contributed by atoms with Crippen LogP contribution in [0.25, 0.3) is 22.3 Å². The van der Waals surface area contributed by atoms with Crippen molar-refractivity contribution in [3.8, 4) is 22.3 Å². The molecule has 2 aliphatic rings. The lowest BCUT2D eigenvalue weighted by Gasteiger charge is -2.31. The number of piperidine rings is 1. The zero-order valence-corrected chi connectivity index (χ0v) is 30.5. The highest BCUT2D eigenvalue weighted by atomic mass is 16.6. The van der Waals surface area contributed by atoms with Crippen LogP contribution in [0.3, 0.4) is 0 Å². The van der Waals surface area contributed by atoms with Crippen LogP contribution >= 0.6 is 0 Å². The van der Waals surface area contributed by atoms with Crippen molar-refractivity contribution < 1.29 is 23.6 Å². The number of benzene rings is 5. The lowest BCUT2D eigenvalue weighted by molar-refractivity contribution is -0.903. The smallest absolute Gasteiger partial charge is 0.411 e. The van der Waals surface area contributed by atoms with Gasteiger partial charge in [-0.15, -0.1) is 0 Å². The Labute approximate surface area is 312 Å². The number of imide groups is 1. The highest BCUT2D eigenvalue weighted by molar-refractivity contribution is 6.21. The average Bonchev–Trinajstić information content (AvgIpc) is 3.41. The first-order chi connectivity index (χ1) is 25.7. The first kappa shape index (κ1) is 35.8. The molecule has 0 atom stereocenters. The maximum Gasteiger partial charge on any atom is 0.411 e. The Balaban J connectivity index is 0.841. The summed E-state index contributed by atoms with van der Waals surface area (Å²) in [6, 6.07) is 42.4. The minimum atomic E-state index is -0.407. The van der Waals surface area contributed by atoms with E-state index in [1.807, 2.05) is 54.6 Å². The van der Waals surface area contributed by atoms with E-state index in [1.54, 1.807) is 24.3 Å². The fraction of sp³-hybridized carbons (Fsp3) is 0.267. The van der Waals surface area contributed by atoms with Crippen molar-refractivity contribution in [2.24, 2.45) is 0 Å². The Morgan fingerprint density at radius 3 is 1.85 bits per heavy atom. The molecule has 7 rings (SSSR count). The highest BCUT2D eigenvalue weighted by Crippen LogP contribution is 2.29. The normalized spacial score (nSPS) is 15.0. The molecule has 3 amide bonds. The molecule has 8 heteroatoms.